The molecule has 1 unspecified atom stereocenters. The molecule has 4 heteroatoms. The van der Waals surface area contributed by atoms with E-state index in [9.17, 15) is 4.79 Å². The summed E-state index contributed by atoms with van der Waals surface area (Å²) in [5.74, 6) is 2.70. The quantitative estimate of drug-likeness (QED) is 0.752. The minimum Gasteiger partial charge on any atom is -0.491 e. The van der Waals surface area contributed by atoms with E-state index in [1.807, 2.05) is 19.1 Å². The monoisotopic (exact) mass is 246 g/mol. The number of hydrogen-bond acceptors (Lipinski definition) is 3. The molecular formula is C14H18N2O2. The Bertz CT molecular complexity index is 438. The second kappa shape index (κ2) is 7.36. The molecule has 0 aliphatic heterocycles. The molecule has 0 fully saturated rings. The number of para-hydroxylation sites is 2. The van der Waals surface area contributed by atoms with Crippen molar-refractivity contribution < 1.29 is 9.53 Å². The third-order valence-corrected chi connectivity index (χ3v) is 2.28. The van der Waals surface area contributed by atoms with Crippen molar-refractivity contribution in [2.75, 3.05) is 11.9 Å². The van der Waals surface area contributed by atoms with Crippen LogP contribution in [0.25, 0.3) is 0 Å². The minimum atomic E-state index is -0.700. The van der Waals surface area contributed by atoms with Crippen molar-refractivity contribution in [1.82, 2.24) is 0 Å². The molecule has 0 aliphatic rings. The first kappa shape index (κ1) is 14.1. The third kappa shape index (κ3) is 4.11. The molecule has 0 saturated heterocycles. The highest BCUT2D eigenvalue weighted by Crippen LogP contribution is 2.23. The van der Waals surface area contributed by atoms with Gasteiger partial charge in [0.15, 0.2) is 0 Å². The van der Waals surface area contributed by atoms with Gasteiger partial charge in [0.25, 0.3) is 0 Å². The molecule has 0 heterocycles. The van der Waals surface area contributed by atoms with Crippen LogP contribution in [0.1, 0.15) is 19.8 Å². The summed E-state index contributed by atoms with van der Waals surface area (Å²) in [5.41, 5.74) is 6.24. The van der Waals surface area contributed by atoms with Gasteiger partial charge in [-0.25, -0.2) is 0 Å². The lowest BCUT2D eigenvalue weighted by Gasteiger charge is -2.13. The van der Waals surface area contributed by atoms with Gasteiger partial charge < -0.3 is 15.8 Å². The number of terminal acetylenes is 1. The Kier molecular flexibility index (Phi) is 5.75. The summed E-state index contributed by atoms with van der Waals surface area (Å²) in [7, 11) is 0. The molecule has 0 aromatic heterocycles. The molecule has 96 valence electrons. The number of nitrogens with one attached hydrogen (secondary N) is 1. The van der Waals surface area contributed by atoms with Crippen LogP contribution in [0.3, 0.4) is 0 Å². The van der Waals surface area contributed by atoms with Crippen molar-refractivity contribution in [2.45, 2.75) is 25.8 Å². The summed E-state index contributed by atoms with van der Waals surface area (Å²) in [6.45, 7) is 2.62. The molecule has 0 spiro atoms. The SMILES string of the molecule is C#CCC(N)C(=O)Nc1ccccc1OCCC. The number of amides is 1. The second-order valence-corrected chi connectivity index (χ2v) is 3.85. The highest BCUT2D eigenvalue weighted by atomic mass is 16.5. The summed E-state index contributed by atoms with van der Waals surface area (Å²) in [6.07, 6.45) is 6.24. The highest BCUT2D eigenvalue weighted by molar-refractivity contribution is 5.96. The summed E-state index contributed by atoms with van der Waals surface area (Å²) in [4.78, 5) is 11.7. The number of rotatable bonds is 6. The van der Waals surface area contributed by atoms with E-state index < -0.39 is 6.04 Å². The van der Waals surface area contributed by atoms with E-state index in [0.717, 1.165) is 6.42 Å². The van der Waals surface area contributed by atoms with Crippen LogP contribution in [0.15, 0.2) is 24.3 Å². The van der Waals surface area contributed by atoms with Crippen LogP contribution in [0.5, 0.6) is 5.75 Å². The number of ether oxygens (including phenoxy) is 1. The Morgan fingerprint density at radius 2 is 2.28 bits per heavy atom. The molecule has 0 saturated carbocycles. The van der Waals surface area contributed by atoms with E-state index in [0.29, 0.717) is 18.0 Å². The third-order valence-electron chi connectivity index (χ3n) is 2.28. The molecule has 1 rings (SSSR count). The van der Waals surface area contributed by atoms with Gasteiger partial charge in [-0.2, -0.15) is 0 Å². The van der Waals surface area contributed by atoms with Gasteiger partial charge in [-0.15, -0.1) is 12.3 Å². The van der Waals surface area contributed by atoms with E-state index in [1.165, 1.54) is 0 Å². The molecule has 1 aromatic rings. The number of benzene rings is 1. The van der Waals surface area contributed by atoms with Crippen LogP contribution in [-0.2, 0) is 4.79 Å². The number of hydrogen-bond donors (Lipinski definition) is 2. The zero-order valence-corrected chi connectivity index (χ0v) is 10.5. The fourth-order valence-corrected chi connectivity index (χ4v) is 1.35. The number of carbonyl (C=O) groups excluding carboxylic acids is 1. The molecule has 0 bridgehead atoms. The lowest BCUT2D eigenvalue weighted by molar-refractivity contribution is -0.117. The van der Waals surface area contributed by atoms with E-state index in [4.69, 9.17) is 16.9 Å². The van der Waals surface area contributed by atoms with E-state index in [2.05, 4.69) is 11.2 Å². The second-order valence-electron chi connectivity index (χ2n) is 3.85. The lowest BCUT2D eigenvalue weighted by atomic mass is 10.2. The van der Waals surface area contributed by atoms with Gasteiger partial charge in [-0.3, -0.25) is 4.79 Å². The van der Waals surface area contributed by atoms with Crippen molar-refractivity contribution in [2.24, 2.45) is 5.73 Å². The van der Waals surface area contributed by atoms with E-state index in [-0.39, 0.29) is 12.3 Å². The smallest absolute Gasteiger partial charge is 0.242 e. The van der Waals surface area contributed by atoms with Crippen LogP contribution >= 0.6 is 0 Å². The molecular weight excluding hydrogens is 228 g/mol. The largest absolute Gasteiger partial charge is 0.491 e. The maximum absolute atomic E-state index is 11.7. The summed E-state index contributed by atoms with van der Waals surface area (Å²) >= 11 is 0. The van der Waals surface area contributed by atoms with Gasteiger partial charge in [-0.1, -0.05) is 19.1 Å². The van der Waals surface area contributed by atoms with Crippen LogP contribution in [0.4, 0.5) is 5.69 Å². The zero-order valence-electron chi connectivity index (χ0n) is 10.5. The minimum absolute atomic E-state index is 0.212. The van der Waals surface area contributed by atoms with Crippen molar-refractivity contribution in [3.05, 3.63) is 24.3 Å². The number of nitrogens with two attached hydrogens (primary N) is 1. The molecule has 0 aliphatic carbocycles. The standard InChI is InChI=1S/C14H18N2O2/c1-3-7-11(15)14(17)16-12-8-5-6-9-13(12)18-10-4-2/h1,5-6,8-9,11H,4,7,10,15H2,2H3,(H,16,17). The van der Waals surface area contributed by atoms with Crippen LogP contribution in [0, 0.1) is 12.3 Å². The van der Waals surface area contributed by atoms with Crippen LogP contribution < -0.4 is 15.8 Å². The van der Waals surface area contributed by atoms with Crippen LogP contribution in [0.2, 0.25) is 0 Å². The maximum atomic E-state index is 11.7. The van der Waals surface area contributed by atoms with Crippen molar-refractivity contribution in [3.8, 4) is 18.1 Å². The average molecular weight is 246 g/mol. The number of anilines is 1. The first-order valence-corrected chi connectivity index (χ1v) is 5.90. The zero-order chi connectivity index (χ0) is 13.4. The first-order valence-electron chi connectivity index (χ1n) is 5.90. The maximum Gasteiger partial charge on any atom is 0.242 e. The van der Waals surface area contributed by atoms with Crippen molar-refractivity contribution >= 4 is 11.6 Å². The Morgan fingerprint density at radius 3 is 2.94 bits per heavy atom. The normalized spacial score (nSPS) is 11.4. The number of carbonyl (C=O) groups is 1. The van der Waals surface area contributed by atoms with Gasteiger partial charge in [0.1, 0.15) is 5.75 Å². The van der Waals surface area contributed by atoms with Gasteiger partial charge in [0, 0.05) is 6.42 Å². The molecule has 18 heavy (non-hydrogen) atoms. The Hall–Kier alpha value is -1.99. The predicted octanol–water partition coefficient (Wildman–Crippen LogP) is 1.76. The van der Waals surface area contributed by atoms with Crippen molar-refractivity contribution in [1.29, 1.82) is 0 Å². The van der Waals surface area contributed by atoms with E-state index >= 15 is 0 Å². The predicted molar refractivity (Wildman–Crippen MR) is 72.3 cm³/mol. The molecule has 4 nitrogen and oxygen atoms in total. The molecule has 3 N–H and O–H groups in total. The molecule has 1 amide bonds. The first-order chi connectivity index (χ1) is 8.69. The average Bonchev–Trinajstić information content (AvgIpc) is 2.38. The summed E-state index contributed by atoms with van der Waals surface area (Å²) in [6, 6.07) is 6.54. The van der Waals surface area contributed by atoms with Crippen molar-refractivity contribution in [3.63, 3.8) is 0 Å². The fourth-order valence-electron chi connectivity index (χ4n) is 1.35. The Balaban J connectivity index is 2.71. The topological polar surface area (TPSA) is 64.4 Å². The van der Waals surface area contributed by atoms with Gasteiger partial charge in [0.2, 0.25) is 5.91 Å². The van der Waals surface area contributed by atoms with Crippen LogP contribution in [-0.4, -0.2) is 18.6 Å². The van der Waals surface area contributed by atoms with Gasteiger partial charge in [-0.05, 0) is 18.6 Å². The lowest BCUT2D eigenvalue weighted by Crippen LogP contribution is -2.35. The van der Waals surface area contributed by atoms with E-state index in [1.54, 1.807) is 12.1 Å². The van der Waals surface area contributed by atoms with Gasteiger partial charge in [0.05, 0.1) is 18.3 Å². The summed E-state index contributed by atoms with van der Waals surface area (Å²) < 4.78 is 5.53. The van der Waals surface area contributed by atoms with Gasteiger partial charge >= 0.3 is 0 Å². The highest BCUT2D eigenvalue weighted by Gasteiger charge is 2.14. The molecule has 1 aromatic carbocycles. The Labute approximate surface area is 108 Å². The Morgan fingerprint density at radius 1 is 1.56 bits per heavy atom. The fraction of sp³-hybridized carbons (Fsp3) is 0.357. The molecule has 0 radical (unpaired) electrons. The molecule has 1 atom stereocenters. The summed E-state index contributed by atoms with van der Waals surface area (Å²) in [5, 5.41) is 2.72.